The van der Waals surface area contributed by atoms with Gasteiger partial charge in [-0.05, 0) is 18.9 Å². The number of nitrogens with one attached hydrogen (secondary N) is 1. The number of rotatable bonds is 4. The number of nitrogens with zero attached hydrogens (tertiary/aromatic N) is 2. The van der Waals surface area contributed by atoms with Crippen LogP contribution in [0.25, 0.3) is 0 Å². The molecule has 0 radical (unpaired) electrons. The number of benzene rings is 1. The molecule has 0 saturated heterocycles. The van der Waals surface area contributed by atoms with Gasteiger partial charge in [-0.25, -0.2) is 0 Å². The number of aromatic nitrogens is 2. The lowest BCUT2D eigenvalue weighted by molar-refractivity contribution is -0.141. The minimum Gasteiger partial charge on any atom is -0.344 e. The van der Waals surface area contributed by atoms with E-state index in [0.29, 0.717) is 6.42 Å². The predicted molar refractivity (Wildman–Crippen MR) is 84.9 cm³/mol. The van der Waals surface area contributed by atoms with Gasteiger partial charge in [0, 0.05) is 7.05 Å². The number of alkyl halides is 3. The van der Waals surface area contributed by atoms with E-state index < -0.39 is 22.8 Å². The van der Waals surface area contributed by atoms with E-state index >= 15 is 0 Å². The Kier molecular flexibility index (Phi) is 5.22. The molecule has 0 aliphatic heterocycles. The smallest absolute Gasteiger partial charge is 0.344 e. The molecule has 0 saturated carbocycles. The van der Waals surface area contributed by atoms with E-state index in [0.717, 1.165) is 15.8 Å². The van der Waals surface area contributed by atoms with Crippen LogP contribution in [-0.4, -0.2) is 15.7 Å². The van der Waals surface area contributed by atoms with E-state index in [1.165, 1.54) is 7.05 Å². The Bertz CT molecular complexity index is 738. The lowest BCUT2D eigenvalue weighted by Crippen LogP contribution is -2.30. The Hall–Kier alpha value is -2.02. The third-order valence-electron chi connectivity index (χ3n) is 3.67. The molecule has 0 fully saturated rings. The van der Waals surface area contributed by atoms with Crippen molar-refractivity contribution in [2.75, 3.05) is 0 Å². The van der Waals surface area contributed by atoms with Crippen molar-refractivity contribution < 1.29 is 18.0 Å². The summed E-state index contributed by atoms with van der Waals surface area (Å²) in [5.74, 6) is -0.696. The lowest BCUT2D eigenvalue weighted by Gasteiger charge is -2.18. The van der Waals surface area contributed by atoms with Crippen LogP contribution < -0.4 is 5.32 Å². The standard InChI is InChI=1S/C16H17ClF3N3O/c1-4-11(10-7-5-9(2)6-8-10)21-15(24)13-12(17)14(16(18,19)20)22-23(13)3/h5-8,11H,4H2,1-3H3,(H,21,24). The van der Waals surface area contributed by atoms with Gasteiger partial charge in [0.1, 0.15) is 10.7 Å². The Morgan fingerprint density at radius 1 is 1.33 bits per heavy atom. The highest BCUT2D eigenvalue weighted by Gasteiger charge is 2.39. The van der Waals surface area contributed by atoms with Gasteiger partial charge in [-0.2, -0.15) is 18.3 Å². The summed E-state index contributed by atoms with van der Waals surface area (Å²) in [6, 6.07) is 7.22. The molecular weight excluding hydrogens is 343 g/mol. The lowest BCUT2D eigenvalue weighted by atomic mass is 10.0. The molecular formula is C16H17ClF3N3O. The highest BCUT2D eigenvalue weighted by Crippen LogP contribution is 2.35. The van der Waals surface area contributed by atoms with Crippen molar-refractivity contribution in [1.82, 2.24) is 15.1 Å². The molecule has 4 nitrogen and oxygen atoms in total. The van der Waals surface area contributed by atoms with E-state index in [-0.39, 0.29) is 11.7 Å². The first-order valence-corrected chi connectivity index (χ1v) is 7.70. The SMILES string of the molecule is CCC(NC(=O)c1c(Cl)c(C(F)(F)F)nn1C)c1ccc(C)cc1. The van der Waals surface area contributed by atoms with Crippen molar-refractivity contribution in [2.45, 2.75) is 32.5 Å². The quantitative estimate of drug-likeness (QED) is 0.885. The van der Waals surface area contributed by atoms with Gasteiger partial charge in [0.2, 0.25) is 0 Å². The topological polar surface area (TPSA) is 46.9 Å². The summed E-state index contributed by atoms with van der Waals surface area (Å²) in [5, 5.41) is 5.34. The van der Waals surface area contributed by atoms with Crippen LogP contribution in [0.5, 0.6) is 0 Å². The fourth-order valence-electron chi connectivity index (χ4n) is 2.37. The molecule has 130 valence electrons. The molecule has 8 heteroatoms. The fourth-order valence-corrected chi connectivity index (χ4v) is 2.73. The monoisotopic (exact) mass is 359 g/mol. The van der Waals surface area contributed by atoms with Crippen molar-refractivity contribution in [1.29, 1.82) is 0 Å². The normalized spacial score (nSPS) is 13.0. The fraction of sp³-hybridized carbons (Fsp3) is 0.375. The number of halogens is 4. The Labute approximate surface area is 142 Å². The van der Waals surface area contributed by atoms with Gasteiger partial charge in [-0.1, -0.05) is 48.4 Å². The van der Waals surface area contributed by atoms with Gasteiger partial charge in [-0.15, -0.1) is 0 Å². The average Bonchev–Trinajstić information content (AvgIpc) is 2.80. The third kappa shape index (κ3) is 3.72. The second-order valence-electron chi connectivity index (χ2n) is 5.48. The van der Waals surface area contributed by atoms with Crippen molar-refractivity contribution in [3.63, 3.8) is 0 Å². The maximum atomic E-state index is 12.8. The van der Waals surface area contributed by atoms with Gasteiger partial charge in [-0.3, -0.25) is 9.48 Å². The van der Waals surface area contributed by atoms with Gasteiger partial charge in [0.15, 0.2) is 5.69 Å². The van der Waals surface area contributed by atoms with Crippen LogP contribution in [0.4, 0.5) is 13.2 Å². The molecule has 1 amide bonds. The summed E-state index contributed by atoms with van der Waals surface area (Å²) in [7, 11) is 1.25. The van der Waals surface area contributed by atoms with Gasteiger partial charge >= 0.3 is 6.18 Å². The summed E-state index contributed by atoms with van der Waals surface area (Å²) >= 11 is 5.74. The maximum Gasteiger partial charge on any atom is 0.436 e. The van der Waals surface area contributed by atoms with E-state index in [4.69, 9.17) is 11.6 Å². The summed E-state index contributed by atoms with van der Waals surface area (Å²) < 4.78 is 39.4. The molecule has 1 N–H and O–H groups in total. The molecule has 24 heavy (non-hydrogen) atoms. The maximum absolute atomic E-state index is 12.8. The molecule has 1 unspecified atom stereocenters. The first-order chi connectivity index (χ1) is 11.1. The average molecular weight is 360 g/mol. The minimum absolute atomic E-state index is 0.311. The number of hydrogen-bond acceptors (Lipinski definition) is 2. The van der Waals surface area contributed by atoms with E-state index in [1.54, 1.807) is 0 Å². The first kappa shape index (κ1) is 18.3. The van der Waals surface area contributed by atoms with Crippen molar-refractivity contribution in [3.05, 3.63) is 51.8 Å². The summed E-state index contributed by atoms with van der Waals surface area (Å²) in [4.78, 5) is 12.4. The van der Waals surface area contributed by atoms with Crippen LogP contribution in [-0.2, 0) is 13.2 Å². The van der Waals surface area contributed by atoms with Crippen molar-refractivity contribution >= 4 is 17.5 Å². The van der Waals surface area contributed by atoms with Gasteiger partial charge in [0.05, 0.1) is 6.04 Å². The molecule has 0 bridgehead atoms. The molecule has 0 spiro atoms. The predicted octanol–water partition coefficient (Wildman–Crippen LogP) is 4.28. The van der Waals surface area contributed by atoms with E-state index in [1.807, 2.05) is 38.1 Å². The molecule has 0 aliphatic rings. The number of hydrogen-bond donors (Lipinski definition) is 1. The second kappa shape index (κ2) is 6.84. The number of carbonyl (C=O) groups is 1. The molecule has 2 rings (SSSR count). The molecule has 1 atom stereocenters. The number of carbonyl (C=O) groups excluding carboxylic acids is 1. The van der Waals surface area contributed by atoms with E-state index in [2.05, 4.69) is 10.4 Å². The summed E-state index contributed by atoms with van der Waals surface area (Å²) in [6.45, 7) is 3.81. The molecule has 0 aliphatic carbocycles. The largest absolute Gasteiger partial charge is 0.436 e. The van der Waals surface area contributed by atoms with Crippen LogP contribution in [0.1, 0.15) is 46.7 Å². The van der Waals surface area contributed by atoms with Crippen LogP contribution in [0.15, 0.2) is 24.3 Å². The van der Waals surface area contributed by atoms with Crippen LogP contribution >= 0.6 is 11.6 Å². The highest BCUT2D eigenvalue weighted by molar-refractivity contribution is 6.34. The molecule has 1 aromatic carbocycles. The van der Waals surface area contributed by atoms with Crippen LogP contribution in [0.3, 0.4) is 0 Å². The Morgan fingerprint density at radius 3 is 2.38 bits per heavy atom. The summed E-state index contributed by atoms with van der Waals surface area (Å²) in [6.07, 6.45) is -4.13. The minimum atomic E-state index is -4.71. The van der Waals surface area contributed by atoms with Crippen molar-refractivity contribution in [2.24, 2.45) is 7.05 Å². The highest BCUT2D eigenvalue weighted by atomic mass is 35.5. The van der Waals surface area contributed by atoms with E-state index in [9.17, 15) is 18.0 Å². The zero-order valence-corrected chi connectivity index (χ0v) is 14.2. The van der Waals surface area contributed by atoms with Gasteiger partial charge in [0.25, 0.3) is 5.91 Å². The van der Waals surface area contributed by atoms with Gasteiger partial charge < -0.3 is 5.32 Å². The molecule has 1 aromatic heterocycles. The first-order valence-electron chi connectivity index (χ1n) is 7.32. The zero-order chi connectivity index (χ0) is 18.1. The Morgan fingerprint density at radius 2 is 1.92 bits per heavy atom. The summed E-state index contributed by atoms with van der Waals surface area (Å²) in [5.41, 5.74) is 0.366. The Balaban J connectivity index is 2.29. The van der Waals surface area contributed by atoms with Crippen molar-refractivity contribution in [3.8, 4) is 0 Å². The molecule has 2 aromatic rings. The molecule has 1 heterocycles. The number of amides is 1. The number of aryl methyl sites for hydroxylation is 2. The second-order valence-corrected chi connectivity index (χ2v) is 5.86. The van der Waals surface area contributed by atoms with Crippen LogP contribution in [0, 0.1) is 6.92 Å². The zero-order valence-electron chi connectivity index (χ0n) is 13.4. The van der Waals surface area contributed by atoms with Crippen LogP contribution in [0.2, 0.25) is 5.02 Å². The third-order valence-corrected chi connectivity index (χ3v) is 4.02.